The minimum Gasteiger partial charge on any atom is -0.399 e. The number of anilines is 1. The molecule has 0 aromatic heterocycles. The number of rotatable bonds is 4. The monoisotopic (exact) mass is 281 g/mol. The number of hydrogen-bond donors (Lipinski definition) is 1. The third kappa shape index (κ3) is 3.38. The van der Waals surface area contributed by atoms with E-state index in [0.717, 1.165) is 0 Å². The first kappa shape index (κ1) is 13.7. The largest absolute Gasteiger partial charge is 0.399 e. The van der Waals surface area contributed by atoms with Crippen molar-refractivity contribution >= 4 is 16.5 Å². The molecule has 0 radical (unpaired) electrons. The van der Waals surface area contributed by atoms with E-state index in [9.17, 15) is 13.0 Å². The fraction of sp³-hybridized carbons (Fsp3) is 0.143. The van der Waals surface area contributed by atoms with E-state index in [1.54, 1.807) is 18.2 Å². The molecule has 2 N–H and O–H groups in total. The van der Waals surface area contributed by atoms with Crippen LogP contribution >= 0.6 is 0 Å². The summed E-state index contributed by atoms with van der Waals surface area (Å²) >= 11 is 0. The van der Waals surface area contributed by atoms with E-state index in [0.29, 0.717) is 10.6 Å². The number of alkyl halides is 2. The second kappa shape index (κ2) is 5.48. The van der Waals surface area contributed by atoms with Crippen LogP contribution < -0.4 is 5.73 Å². The van der Waals surface area contributed by atoms with Crippen LogP contribution in [0, 0.1) is 0 Å². The maximum Gasteiger partial charge on any atom is 0.284 e. The third-order valence-electron chi connectivity index (χ3n) is 2.65. The molecule has 0 spiro atoms. The van der Waals surface area contributed by atoms with Gasteiger partial charge in [0.2, 0.25) is 0 Å². The molecule has 0 saturated carbocycles. The average Bonchev–Trinajstić information content (AvgIpc) is 2.40. The van der Waals surface area contributed by atoms with Crippen molar-refractivity contribution < 1.29 is 13.0 Å². The summed E-state index contributed by atoms with van der Waals surface area (Å²) in [6, 6.07) is 13.5. The molecule has 0 heterocycles. The normalized spacial score (nSPS) is 13.2. The van der Waals surface area contributed by atoms with Gasteiger partial charge in [-0.15, -0.1) is 0 Å². The number of halogens is 2. The van der Waals surface area contributed by atoms with Gasteiger partial charge >= 0.3 is 0 Å². The van der Waals surface area contributed by atoms with Crippen LogP contribution in [0.2, 0.25) is 0 Å². The van der Waals surface area contributed by atoms with Gasteiger partial charge in [0.1, 0.15) is 0 Å². The Morgan fingerprint density at radius 2 is 1.58 bits per heavy atom. The molecular formula is C14H13F2NOS. The predicted molar refractivity (Wildman–Crippen MR) is 72.5 cm³/mol. The van der Waals surface area contributed by atoms with E-state index in [4.69, 9.17) is 5.73 Å². The van der Waals surface area contributed by atoms with Crippen LogP contribution in [0.4, 0.5) is 14.5 Å². The summed E-state index contributed by atoms with van der Waals surface area (Å²) in [5.41, 5.74) is 5.88. The quantitative estimate of drug-likeness (QED) is 0.875. The lowest BCUT2D eigenvalue weighted by Gasteiger charge is -2.16. The molecule has 2 aromatic rings. The first-order chi connectivity index (χ1) is 8.99. The molecule has 2 rings (SSSR count). The number of benzene rings is 2. The fourth-order valence-corrected chi connectivity index (χ4v) is 2.74. The van der Waals surface area contributed by atoms with Crippen molar-refractivity contribution in [2.45, 2.75) is 10.8 Å². The fourth-order valence-electron chi connectivity index (χ4n) is 1.63. The zero-order valence-electron chi connectivity index (χ0n) is 10.1. The SMILES string of the molecule is Nc1ccc(S(=O)CC(F)(F)c2ccccc2)cc1. The Bertz CT molecular complexity index is 570. The Morgan fingerprint density at radius 1 is 1.00 bits per heavy atom. The lowest BCUT2D eigenvalue weighted by atomic mass is 10.1. The van der Waals surface area contributed by atoms with E-state index in [2.05, 4.69) is 0 Å². The number of nitrogen functional groups attached to an aromatic ring is 1. The Kier molecular flexibility index (Phi) is 3.95. The van der Waals surface area contributed by atoms with Crippen LogP contribution in [0.15, 0.2) is 59.5 Å². The number of nitrogens with two attached hydrogens (primary N) is 1. The summed E-state index contributed by atoms with van der Waals surface area (Å²) in [6.45, 7) is 0. The summed E-state index contributed by atoms with van der Waals surface area (Å²) in [4.78, 5) is 0.352. The van der Waals surface area contributed by atoms with Crippen molar-refractivity contribution in [2.24, 2.45) is 0 Å². The first-order valence-electron chi connectivity index (χ1n) is 5.66. The molecule has 100 valence electrons. The maximum atomic E-state index is 14.0. The summed E-state index contributed by atoms with van der Waals surface area (Å²) in [7, 11) is -1.77. The molecule has 1 atom stereocenters. The molecule has 0 bridgehead atoms. The standard InChI is InChI=1S/C14H13F2NOS/c15-14(16,11-4-2-1-3-5-11)10-19(18)13-8-6-12(17)7-9-13/h1-9H,10,17H2. The van der Waals surface area contributed by atoms with Gasteiger partial charge in [0.05, 0.1) is 16.6 Å². The molecule has 0 fully saturated rings. The van der Waals surface area contributed by atoms with Gasteiger partial charge in [-0.2, -0.15) is 0 Å². The highest BCUT2D eigenvalue weighted by Crippen LogP contribution is 2.30. The highest BCUT2D eigenvalue weighted by molar-refractivity contribution is 7.85. The van der Waals surface area contributed by atoms with Gasteiger partial charge in [0.15, 0.2) is 0 Å². The molecule has 0 saturated heterocycles. The molecule has 5 heteroatoms. The topological polar surface area (TPSA) is 43.1 Å². The van der Waals surface area contributed by atoms with Crippen molar-refractivity contribution in [1.82, 2.24) is 0 Å². The molecular weight excluding hydrogens is 268 g/mol. The second-order valence-corrected chi connectivity index (χ2v) is 5.58. The first-order valence-corrected chi connectivity index (χ1v) is 6.98. The Hall–Kier alpha value is -1.75. The Labute approximate surface area is 112 Å². The maximum absolute atomic E-state index is 14.0. The molecule has 2 nitrogen and oxygen atoms in total. The molecule has 0 amide bonds. The average molecular weight is 281 g/mol. The van der Waals surface area contributed by atoms with E-state index < -0.39 is 22.5 Å². The van der Waals surface area contributed by atoms with Gasteiger partial charge in [-0.3, -0.25) is 4.21 Å². The predicted octanol–water partition coefficient (Wildman–Crippen LogP) is 3.17. The van der Waals surface area contributed by atoms with Gasteiger partial charge in [-0.1, -0.05) is 30.3 Å². The van der Waals surface area contributed by atoms with Crippen molar-refractivity contribution in [2.75, 3.05) is 11.5 Å². The number of hydrogen-bond acceptors (Lipinski definition) is 2. The zero-order valence-corrected chi connectivity index (χ0v) is 10.9. The highest BCUT2D eigenvalue weighted by atomic mass is 32.2. The lowest BCUT2D eigenvalue weighted by molar-refractivity contribution is 0.0222. The Balaban J connectivity index is 2.16. The summed E-state index contributed by atoms with van der Waals surface area (Å²) in [5, 5.41) is 0. The molecule has 1 unspecified atom stereocenters. The van der Waals surface area contributed by atoms with Crippen molar-refractivity contribution in [1.29, 1.82) is 0 Å². The summed E-state index contributed by atoms with van der Waals surface area (Å²) < 4.78 is 39.8. The van der Waals surface area contributed by atoms with E-state index >= 15 is 0 Å². The Morgan fingerprint density at radius 3 is 2.16 bits per heavy atom. The summed E-state index contributed by atoms with van der Waals surface area (Å²) in [6.07, 6.45) is 0. The zero-order chi connectivity index (χ0) is 13.9. The van der Waals surface area contributed by atoms with E-state index in [1.165, 1.54) is 36.4 Å². The molecule has 0 aliphatic rings. The molecule has 2 aromatic carbocycles. The van der Waals surface area contributed by atoms with E-state index in [1.807, 2.05) is 0 Å². The van der Waals surface area contributed by atoms with Crippen LogP contribution in [0.1, 0.15) is 5.56 Å². The molecule has 0 aliphatic carbocycles. The van der Waals surface area contributed by atoms with Crippen LogP contribution in [-0.2, 0) is 16.7 Å². The van der Waals surface area contributed by atoms with Gasteiger partial charge < -0.3 is 5.73 Å². The minimum absolute atomic E-state index is 0.126. The van der Waals surface area contributed by atoms with Crippen LogP contribution in [0.25, 0.3) is 0 Å². The van der Waals surface area contributed by atoms with E-state index in [-0.39, 0.29) is 5.56 Å². The highest BCUT2D eigenvalue weighted by Gasteiger charge is 2.34. The minimum atomic E-state index is -3.12. The van der Waals surface area contributed by atoms with Crippen LogP contribution in [-0.4, -0.2) is 9.96 Å². The molecule has 0 aliphatic heterocycles. The van der Waals surface area contributed by atoms with Crippen LogP contribution in [0.5, 0.6) is 0 Å². The van der Waals surface area contributed by atoms with Crippen molar-refractivity contribution in [3.63, 3.8) is 0 Å². The van der Waals surface area contributed by atoms with Gasteiger partial charge in [-0.05, 0) is 24.3 Å². The third-order valence-corrected chi connectivity index (χ3v) is 4.07. The lowest BCUT2D eigenvalue weighted by Crippen LogP contribution is -2.22. The summed E-state index contributed by atoms with van der Waals surface area (Å²) in [5.74, 6) is -3.85. The van der Waals surface area contributed by atoms with Gasteiger partial charge in [0.25, 0.3) is 5.92 Å². The van der Waals surface area contributed by atoms with Crippen LogP contribution in [0.3, 0.4) is 0 Å². The molecule has 19 heavy (non-hydrogen) atoms. The smallest absolute Gasteiger partial charge is 0.284 e. The van der Waals surface area contributed by atoms with Crippen molar-refractivity contribution in [3.05, 3.63) is 60.2 Å². The second-order valence-electron chi connectivity index (χ2n) is 4.13. The van der Waals surface area contributed by atoms with Gasteiger partial charge in [0, 0.05) is 16.1 Å². The van der Waals surface area contributed by atoms with Crippen molar-refractivity contribution in [3.8, 4) is 0 Å². The van der Waals surface area contributed by atoms with Gasteiger partial charge in [-0.25, -0.2) is 8.78 Å².